The topological polar surface area (TPSA) is 70.7 Å². The SMILES string of the molecule is N#CCC(=O)Nc1ccc(-n2cccn2)cc1. The average Bonchev–Trinajstić information content (AvgIpc) is 2.84. The molecule has 5 nitrogen and oxygen atoms in total. The first kappa shape index (κ1) is 10.9. The van der Waals surface area contributed by atoms with Gasteiger partial charge in [-0.3, -0.25) is 4.79 Å². The highest BCUT2D eigenvalue weighted by atomic mass is 16.1. The van der Waals surface area contributed by atoms with Crippen molar-refractivity contribution in [3.63, 3.8) is 0 Å². The molecule has 0 spiro atoms. The van der Waals surface area contributed by atoms with Crippen LogP contribution in [0.4, 0.5) is 5.69 Å². The number of rotatable bonds is 3. The fourth-order valence-corrected chi connectivity index (χ4v) is 1.40. The van der Waals surface area contributed by atoms with Crippen LogP contribution in [0.2, 0.25) is 0 Å². The summed E-state index contributed by atoms with van der Waals surface area (Å²) in [6, 6.07) is 10.9. The van der Waals surface area contributed by atoms with Crippen LogP contribution in [0.1, 0.15) is 6.42 Å². The first-order valence-corrected chi connectivity index (χ1v) is 5.06. The molecule has 84 valence electrons. The summed E-state index contributed by atoms with van der Waals surface area (Å²) < 4.78 is 1.72. The van der Waals surface area contributed by atoms with E-state index in [9.17, 15) is 4.79 Å². The highest BCUT2D eigenvalue weighted by Gasteiger charge is 2.01. The third kappa shape index (κ3) is 2.69. The first-order chi connectivity index (χ1) is 8.29. The van der Waals surface area contributed by atoms with Gasteiger partial charge in [-0.1, -0.05) is 0 Å². The number of anilines is 1. The van der Waals surface area contributed by atoms with Gasteiger partial charge in [0.25, 0.3) is 0 Å². The van der Waals surface area contributed by atoms with E-state index in [0.29, 0.717) is 5.69 Å². The van der Waals surface area contributed by atoms with Crippen LogP contribution in [-0.4, -0.2) is 15.7 Å². The fraction of sp³-hybridized carbons (Fsp3) is 0.0833. The number of nitriles is 1. The largest absolute Gasteiger partial charge is 0.325 e. The molecule has 1 aromatic carbocycles. The van der Waals surface area contributed by atoms with Gasteiger partial charge < -0.3 is 5.32 Å². The van der Waals surface area contributed by atoms with Gasteiger partial charge in [-0.05, 0) is 30.3 Å². The molecule has 1 heterocycles. The monoisotopic (exact) mass is 226 g/mol. The van der Waals surface area contributed by atoms with Crippen molar-refractivity contribution >= 4 is 11.6 Å². The molecule has 0 aliphatic carbocycles. The Hall–Kier alpha value is -2.61. The molecule has 1 aromatic heterocycles. The molecular formula is C12H10N4O. The van der Waals surface area contributed by atoms with Gasteiger partial charge in [0.05, 0.1) is 11.8 Å². The number of aromatic nitrogens is 2. The van der Waals surface area contributed by atoms with Crippen molar-refractivity contribution in [2.24, 2.45) is 0 Å². The number of carbonyl (C=O) groups excluding carboxylic acids is 1. The molecule has 17 heavy (non-hydrogen) atoms. The highest BCUT2D eigenvalue weighted by molar-refractivity contribution is 5.92. The van der Waals surface area contributed by atoms with Crippen molar-refractivity contribution in [3.05, 3.63) is 42.7 Å². The molecule has 0 fully saturated rings. The lowest BCUT2D eigenvalue weighted by Crippen LogP contribution is -2.10. The summed E-state index contributed by atoms with van der Waals surface area (Å²) in [5.74, 6) is -0.306. The minimum absolute atomic E-state index is 0.138. The minimum atomic E-state index is -0.306. The number of nitrogens with zero attached hydrogens (tertiary/aromatic N) is 3. The Bertz CT molecular complexity index is 537. The van der Waals surface area contributed by atoms with Crippen molar-refractivity contribution in [2.45, 2.75) is 6.42 Å². The van der Waals surface area contributed by atoms with E-state index >= 15 is 0 Å². The third-order valence-electron chi connectivity index (χ3n) is 2.16. The Morgan fingerprint density at radius 1 is 1.41 bits per heavy atom. The summed E-state index contributed by atoms with van der Waals surface area (Å²) in [6.45, 7) is 0. The Balaban J connectivity index is 2.09. The second-order valence-electron chi connectivity index (χ2n) is 3.38. The Labute approximate surface area is 98.3 Å². The zero-order valence-corrected chi connectivity index (χ0v) is 9.00. The summed E-state index contributed by atoms with van der Waals surface area (Å²) >= 11 is 0. The lowest BCUT2D eigenvalue weighted by molar-refractivity contribution is -0.115. The number of benzene rings is 1. The van der Waals surface area contributed by atoms with Crippen molar-refractivity contribution in [1.82, 2.24) is 9.78 Å². The van der Waals surface area contributed by atoms with E-state index in [4.69, 9.17) is 5.26 Å². The van der Waals surface area contributed by atoms with E-state index < -0.39 is 0 Å². The van der Waals surface area contributed by atoms with Gasteiger partial charge in [0.15, 0.2) is 0 Å². The molecule has 0 aliphatic heterocycles. The molecular weight excluding hydrogens is 216 g/mol. The average molecular weight is 226 g/mol. The standard InChI is InChI=1S/C12H10N4O/c13-7-6-12(17)15-10-2-4-11(5-3-10)16-9-1-8-14-16/h1-5,8-9H,6H2,(H,15,17). The third-order valence-corrected chi connectivity index (χ3v) is 2.16. The smallest absolute Gasteiger partial charge is 0.238 e. The van der Waals surface area contributed by atoms with Gasteiger partial charge >= 0.3 is 0 Å². The molecule has 0 unspecified atom stereocenters. The van der Waals surface area contributed by atoms with Gasteiger partial charge in [0.1, 0.15) is 6.42 Å². The predicted octanol–water partition coefficient (Wildman–Crippen LogP) is 1.72. The fourth-order valence-electron chi connectivity index (χ4n) is 1.40. The van der Waals surface area contributed by atoms with Gasteiger partial charge in [0.2, 0.25) is 5.91 Å². The van der Waals surface area contributed by atoms with Crippen LogP contribution in [0.5, 0.6) is 0 Å². The summed E-state index contributed by atoms with van der Waals surface area (Å²) in [5.41, 5.74) is 1.58. The maximum atomic E-state index is 11.2. The van der Waals surface area contributed by atoms with Crippen molar-refractivity contribution in [3.8, 4) is 11.8 Å². The van der Waals surface area contributed by atoms with Crippen LogP contribution in [0.3, 0.4) is 0 Å². The zero-order valence-electron chi connectivity index (χ0n) is 9.00. The molecule has 0 saturated carbocycles. The Morgan fingerprint density at radius 3 is 2.76 bits per heavy atom. The molecule has 2 rings (SSSR count). The molecule has 5 heteroatoms. The molecule has 1 N–H and O–H groups in total. The maximum Gasteiger partial charge on any atom is 0.238 e. The maximum absolute atomic E-state index is 11.2. The normalized spacial score (nSPS) is 9.59. The Kier molecular flexibility index (Phi) is 3.17. The van der Waals surface area contributed by atoms with Crippen LogP contribution in [0.15, 0.2) is 42.7 Å². The summed E-state index contributed by atoms with van der Waals surface area (Å²) in [4.78, 5) is 11.2. The quantitative estimate of drug-likeness (QED) is 0.866. The van der Waals surface area contributed by atoms with Gasteiger partial charge in [-0.25, -0.2) is 4.68 Å². The van der Waals surface area contributed by atoms with Crippen LogP contribution in [-0.2, 0) is 4.79 Å². The molecule has 0 aliphatic rings. The van der Waals surface area contributed by atoms with E-state index in [0.717, 1.165) is 5.69 Å². The number of carbonyl (C=O) groups is 1. The van der Waals surface area contributed by atoms with Crippen molar-refractivity contribution in [2.75, 3.05) is 5.32 Å². The minimum Gasteiger partial charge on any atom is -0.325 e. The van der Waals surface area contributed by atoms with Crippen molar-refractivity contribution < 1.29 is 4.79 Å². The van der Waals surface area contributed by atoms with Crippen LogP contribution in [0.25, 0.3) is 5.69 Å². The van der Waals surface area contributed by atoms with E-state index in [1.807, 2.05) is 24.4 Å². The van der Waals surface area contributed by atoms with Gasteiger partial charge in [-0.15, -0.1) is 0 Å². The summed E-state index contributed by atoms with van der Waals surface area (Å²) in [5, 5.41) is 15.1. The number of hydrogen-bond acceptors (Lipinski definition) is 3. The van der Waals surface area contributed by atoms with Gasteiger partial charge in [0, 0.05) is 18.1 Å². The van der Waals surface area contributed by atoms with Crippen molar-refractivity contribution in [1.29, 1.82) is 5.26 Å². The second-order valence-corrected chi connectivity index (χ2v) is 3.38. The molecule has 0 radical (unpaired) electrons. The van der Waals surface area contributed by atoms with Crippen LogP contribution in [0, 0.1) is 11.3 Å². The lowest BCUT2D eigenvalue weighted by Gasteiger charge is -2.04. The highest BCUT2D eigenvalue weighted by Crippen LogP contribution is 2.12. The summed E-state index contributed by atoms with van der Waals surface area (Å²) in [6.07, 6.45) is 3.40. The molecule has 0 saturated heterocycles. The number of amides is 1. The van der Waals surface area contributed by atoms with Crippen LogP contribution >= 0.6 is 0 Å². The predicted molar refractivity (Wildman–Crippen MR) is 62.4 cm³/mol. The Morgan fingerprint density at radius 2 is 2.18 bits per heavy atom. The number of hydrogen-bond donors (Lipinski definition) is 1. The zero-order chi connectivity index (χ0) is 12.1. The van der Waals surface area contributed by atoms with Crippen LogP contribution < -0.4 is 5.32 Å². The second kappa shape index (κ2) is 4.94. The van der Waals surface area contributed by atoms with E-state index in [-0.39, 0.29) is 12.3 Å². The molecule has 1 amide bonds. The number of nitrogens with one attached hydrogen (secondary N) is 1. The van der Waals surface area contributed by atoms with E-state index in [1.165, 1.54) is 0 Å². The molecule has 0 bridgehead atoms. The first-order valence-electron chi connectivity index (χ1n) is 5.06. The van der Waals surface area contributed by atoms with Gasteiger partial charge in [-0.2, -0.15) is 10.4 Å². The van der Waals surface area contributed by atoms with E-state index in [2.05, 4.69) is 10.4 Å². The van der Waals surface area contributed by atoms with E-state index in [1.54, 1.807) is 29.1 Å². The lowest BCUT2D eigenvalue weighted by atomic mass is 10.2. The molecule has 0 atom stereocenters. The molecule has 2 aromatic rings. The summed E-state index contributed by atoms with van der Waals surface area (Å²) in [7, 11) is 0.